The van der Waals surface area contributed by atoms with Gasteiger partial charge in [0.25, 0.3) is 5.91 Å². The summed E-state index contributed by atoms with van der Waals surface area (Å²) in [5.74, 6) is 0.660. The molecule has 0 aromatic heterocycles. The number of nitrogens with zero attached hydrogens (tertiary/aromatic N) is 1. The second-order valence-corrected chi connectivity index (χ2v) is 7.16. The van der Waals surface area contributed by atoms with E-state index in [0.717, 1.165) is 21.2 Å². The van der Waals surface area contributed by atoms with Crippen molar-refractivity contribution in [3.05, 3.63) is 62.6 Å². The zero-order chi connectivity index (χ0) is 18.4. The normalized spacial score (nSPS) is 11.1. The van der Waals surface area contributed by atoms with Crippen molar-refractivity contribution < 1.29 is 9.53 Å². The van der Waals surface area contributed by atoms with Crippen molar-refractivity contribution in [3.8, 4) is 5.75 Å². The van der Waals surface area contributed by atoms with Crippen molar-refractivity contribution in [1.82, 2.24) is 5.43 Å². The molecule has 4 nitrogen and oxygen atoms in total. The van der Waals surface area contributed by atoms with Crippen LogP contribution in [0.4, 0.5) is 0 Å². The Morgan fingerprint density at radius 3 is 2.76 bits per heavy atom. The molecule has 0 aliphatic heterocycles. The number of rotatable bonds is 6. The van der Waals surface area contributed by atoms with Gasteiger partial charge in [-0.15, -0.1) is 0 Å². The predicted molar refractivity (Wildman–Crippen MR) is 106 cm³/mol. The molecule has 6 heteroatoms. The summed E-state index contributed by atoms with van der Waals surface area (Å²) >= 11 is 9.55. The van der Waals surface area contributed by atoms with E-state index in [1.165, 1.54) is 6.21 Å². The number of nitrogens with one attached hydrogen (secondary N) is 1. The van der Waals surface area contributed by atoms with Crippen LogP contribution in [0.5, 0.6) is 5.75 Å². The maximum Gasteiger partial charge on any atom is 0.277 e. The Labute approximate surface area is 161 Å². The molecular formula is C19H20BrClN2O2. The van der Waals surface area contributed by atoms with Crippen molar-refractivity contribution in [2.75, 3.05) is 6.61 Å². The third-order valence-electron chi connectivity index (χ3n) is 3.57. The SMILES string of the molecule is Cc1cc(OCC(=O)N/N=C\c2ccccc2Cl)c(C(C)C)cc1Br. The number of hydrogen-bond acceptors (Lipinski definition) is 3. The van der Waals surface area contributed by atoms with Crippen molar-refractivity contribution in [3.63, 3.8) is 0 Å². The molecule has 0 spiro atoms. The fraction of sp³-hybridized carbons (Fsp3) is 0.263. The standard InChI is InChI=1S/C19H20BrClN2O2/c1-12(2)15-9-16(20)13(3)8-18(15)25-11-19(24)23-22-10-14-6-4-5-7-17(14)21/h4-10,12H,11H2,1-3H3,(H,23,24)/b22-10-. The summed E-state index contributed by atoms with van der Waals surface area (Å²) in [6, 6.07) is 11.2. The molecule has 0 fully saturated rings. The van der Waals surface area contributed by atoms with E-state index in [1.54, 1.807) is 6.07 Å². The highest BCUT2D eigenvalue weighted by Gasteiger charge is 2.12. The number of hydrazone groups is 1. The van der Waals surface area contributed by atoms with E-state index >= 15 is 0 Å². The minimum Gasteiger partial charge on any atom is -0.483 e. The number of halogens is 2. The highest BCUT2D eigenvalue weighted by atomic mass is 79.9. The quantitative estimate of drug-likeness (QED) is 0.521. The summed E-state index contributed by atoms with van der Waals surface area (Å²) in [6.45, 7) is 6.03. The largest absolute Gasteiger partial charge is 0.483 e. The van der Waals surface area contributed by atoms with Crippen molar-refractivity contribution >= 4 is 39.7 Å². The third-order valence-corrected chi connectivity index (χ3v) is 4.77. The monoisotopic (exact) mass is 422 g/mol. The molecule has 2 rings (SSSR count). The summed E-state index contributed by atoms with van der Waals surface area (Å²) in [5.41, 5.74) is 5.27. The van der Waals surface area contributed by atoms with Gasteiger partial charge in [-0.3, -0.25) is 4.79 Å². The van der Waals surface area contributed by atoms with Gasteiger partial charge in [-0.25, -0.2) is 5.43 Å². The van der Waals surface area contributed by atoms with Gasteiger partial charge in [0.05, 0.1) is 6.21 Å². The van der Waals surface area contributed by atoms with Gasteiger partial charge in [0, 0.05) is 15.1 Å². The molecule has 0 saturated carbocycles. The molecular weight excluding hydrogens is 404 g/mol. The van der Waals surface area contributed by atoms with Gasteiger partial charge in [-0.05, 0) is 42.2 Å². The Morgan fingerprint density at radius 2 is 2.08 bits per heavy atom. The molecule has 0 radical (unpaired) electrons. The summed E-state index contributed by atoms with van der Waals surface area (Å²) in [5, 5.41) is 4.48. The van der Waals surface area contributed by atoms with E-state index in [0.29, 0.717) is 10.8 Å². The van der Waals surface area contributed by atoms with E-state index in [9.17, 15) is 4.79 Å². The summed E-state index contributed by atoms with van der Waals surface area (Å²) in [6.07, 6.45) is 1.50. The first-order valence-corrected chi connectivity index (χ1v) is 9.05. The fourth-order valence-corrected chi connectivity index (χ4v) is 2.72. The Hall–Kier alpha value is -1.85. The molecule has 132 valence electrons. The van der Waals surface area contributed by atoms with E-state index in [4.69, 9.17) is 16.3 Å². The van der Waals surface area contributed by atoms with Crippen LogP contribution >= 0.6 is 27.5 Å². The van der Waals surface area contributed by atoms with Crippen LogP contribution in [0.3, 0.4) is 0 Å². The number of carbonyl (C=O) groups is 1. The summed E-state index contributed by atoms with van der Waals surface area (Å²) in [4.78, 5) is 11.9. The zero-order valence-corrected chi connectivity index (χ0v) is 16.7. The maximum atomic E-state index is 11.9. The average molecular weight is 424 g/mol. The van der Waals surface area contributed by atoms with Gasteiger partial charge < -0.3 is 4.74 Å². The summed E-state index contributed by atoms with van der Waals surface area (Å²) < 4.78 is 6.72. The molecule has 0 atom stereocenters. The van der Waals surface area contributed by atoms with Gasteiger partial charge in [0.2, 0.25) is 0 Å². The van der Waals surface area contributed by atoms with Gasteiger partial charge in [0.1, 0.15) is 5.75 Å². The fourth-order valence-electron chi connectivity index (χ4n) is 2.18. The van der Waals surface area contributed by atoms with Crippen LogP contribution in [0.15, 0.2) is 46.0 Å². The Bertz CT molecular complexity index is 791. The number of ether oxygens (including phenoxy) is 1. The first-order valence-electron chi connectivity index (χ1n) is 7.87. The van der Waals surface area contributed by atoms with Gasteiger partial charge >= 0.3 is 0 Å². The minimum atomic E-state index is -0.335. The van der Waals surface area contributed by atoms with Crippen molar-refractivity contribution in [1.29, 1.82) is 0 Å². The number of benzene rings is 2. The van der Waals surface area contributed by atoms with Gasteiger partial charge in [-0.1, -0.05) is 59.6 Å². The van der Waals surface area contributed by atoms with E-state index in [2.05, 4.69) is 40.3 Å². The number of hydrogen-bond donors (Lipinski definition) is 1. The molecule has 0 aliphatic carbocycles. The average Bonchev–Trinajstić information content (AvgIpc) is 2.57. The molecule has 0 saturated heterocycles. The lowest BCUT2D eigenvalue weighted by molar-refractivity contribution is -0.123. The number of carbonyl (C=O) groups excluding carboxylic acids is 1. The number of amides is 1. The second-order valence-electron chi connectivity index (χ2n) is 5.90. The van der Waals surface area contributed by atoms with Crippen LogP contribution in [-0.2, 0) is 4.79 Å². The highest BCUT2D eigenvalue weighted by Crippen LogP contribution is 2.32. The van der Waals surface area contributed by atoms with Gasteiger partial charge in [0.15, 0.2) is 6.61 Å². The topological polar surface area (TPSA) is 50.7 Å². The first kappa shape index (κ1) is 19.5. The highest BCUT2D eigenvalue weighted by molar-refractivity contribution is 9.10. The van der Waals surface area contributed by atoms with Crippen molar-refractivity contribution in [2.24, 2.45) is 5.10 Å². The molecule has 0 unspecified atom stereocenters. The first-order chi connectivity index (χ1) is 11.9. The molecule has 0 heterocycles. The van der Waals surface area contributed by atoms with Crippen LogP contribution < -0.4 is 10.2 Å². The van der Waals surface area contributed by atoms with E-state index in [-0.39, 0.29) is 18.4 Å². The smallest absolute Gasteiger partial charge is 0.277 e. The molecule has 2 aromatic rings. The lowest BCUT2D eigenvalue weighted by Crippen LogP contribution is -2.25. The second kappa shape index (κ2) is 9.02. The minimum absolute atomic E-state index is 0.110. The molecule has 2 aromatic carbocycles. The zero-order valence-electron chi connectivity index (χ0n) is 14.3. The molecule has 1 amide bonds. The van der Waals surface area contributed by atoms with Crippen molar-refractivity contribution in [2.45, 2.75) is 26.7 Å². The van der Waals surface area contributed by atoms with Crippen LogP contribution in [-0.4, -0.2) is 18.7 Å². The predicted octanol–water partition coefficient (Wildman–Crippen LogP) is 5.06. The van der Waals surface area contributed by atoms with Crippen LogP contribution in [0.25, 0.3) is 0 Å². The summed E-state index contributed by atoms with van der Waals surface area (Å²) in [7, 11) is 0. The Morgan fingerprint density at radius 1 is 1.36 bits per heavy atom. The third kappa shape index (κ3) is 5.58. The van der Waals surface area contributed by atoms with Gasteiger partial charge in [-0.2, -0.15) is 5.10 Å². The van der Waals surface area contributed by atoms with Crippen LogP contribution in [0.2, 0.25) is 5.02 Å². The Balaban J connectivity index is 1.96. The van der Waals surface area contributed by atoms with E-state index < -0.39 is 0 Å². The number of aryl methyl sites for hydroxylation is 1. The van der Waals surface area contributed by atoms with Crippen LogP contribution in [0.1, 0.15) is 36.5 Å². The molecule has 25 heavy (non-hydrogen) atoms. The lowest BCUT2D eigenvalue weighted by Gasteiger charge is -2.15. The van der Waals surface area contributed by atoms with Crippen LogP contribution in [0, 0.1) is 6.92 Å². The Kier molecular flexibility index (Phi) is 7.02. The molecule has 0 aliphatic rings. The lowest BCUT2D eigenvalue weighted by atomic mass is 10.0. The van der Waals surface area contributed by atoms with E-state index in [1.807, 2.05) is 37.3 Å². The molecule has 0 bridgehead atoms. The maximum absolute atomic E-state index is 11.9. The molecule has 1 N–H and O–H groups in total.